The third-order valence-electron chi connectivity index (χ3n) is 4.92. The molecule has 4 N–H and O–H groups in total. The second-order valence-electron chi connectivity index (χ2n) is 6.93. The Morgan fingerprint density at radius 3 is 2.62 bits per heavy atom. The first kappa shape index (κ1) is 22.8. The Bertz CT molecular complexity index is 1200. The molecular formula is C18H15Cl2F3N4O5. The van der Waals surface area contributed by atoms with Gasteiger partial charge in [-0.2, -0.15) is 0 Å². The van der Waals surface area contributed by atoms with Gasteiger partial charge in [0.2, 0.25) is 0 Å². The highest BCUT2D eigenvalue weighted by Gasteiger charge is 2.47. The van der Waals surface area contributed by atoms with Gasteiger partial charge in [0.25, 0.3) is 0 Å². The van der Waals surface area contributed by atoms with E-state index in [9.17, 15) is 28.5 Å². The Labute approximate surface area is 187 Å². The number of aliphatic hydroxyl groups excluding tert-OH is 3. The molecule has 0 amide bonds. The number of hydrogen-bond acceptors (Lipinski definition) is 7. The van der Waals surface area contributed by atoms with E-state index < -0.39 is 37.0 Å². The molecule has 1 aliphatic heterocycles. The van der Waals surface area contributed by atoms with Crippen LogP contribution in [0, 0.1) is 0 Å². The van der Waals surface area contributed by atoms with Gasteiger partial charge < -0.3 is 29.6 Å². The summed E-state index contributed by atoms with van der Waals surface area (Å²) in [6.07, 6.45) is -9.35. The summed E-state index contributed by atoms with van der Waals surface area (Å²) < 4.78 is 44.0. The van der Waals surface area contributed by atoms with Gasteiger partial charge >= 0.3 is 6.36 Å². The lowest BCUT2D eigenvalue weighted by Gasteiger charge is -2.21. The standard InChI is InChI=1S/C18H15Cl2F3N4O5/c19-9-2-1-7(5-10(9)20)11(28)14-12(29)13(30)17(31-14)27-4-3-8-15(24-6-25-16(8)27)26-32-18(21,22)23/h1-6,11-14,17,28-30H,(H,24,25,26)/t11-,12+,13-,14-,17-/m1/s1. The molecular weight excluding hydrogens is 480 g/mol. The maximum atomic E-state index is 12.3. The van der Waals surface area contributed by atoms with Crippen LogP contribution in [0.15, 0.2) is 41.9 Å². The predicted molar refractivity (Wildman–Crippen MR) is 104 cm³/mol. The number of ether oxygens (including phenoxy) is 1. The number of rotatable bonds is 4. The smallest absolute Gasteiger partial charge is 0.387 e. The third-order valence-corrected chi connectivity index (χ3v) is 5.66. The number of aromatic amines is 1. The first-order chi connectivity index (χ1) is 15.1. The topological polar surface area (TPSA) is 125 Å². The average molecular weight is 495 g/mol. The molecule has 1 saturated heterocycles. The number of fused-ring (bicyclic) bond motifs is 1. The maximum Gasteiger partial charge on any atom is 0.593 e. The van der Waals surface area contributed by atoms with Gasteiger partial charge in [0.05, 0.1) is 21.8 Å². The highest BCUT2D eigenvalue weighted by Crippen LogP contribution is 2.38. The summed E-state index contributed by atoms with van der Waals surface area (Å²) in [7, 11) is 0. The number of nitrogens with one attached hydrogen (secondary N) is 1. The molecule has 1 fully saturated rings. The lowest BCUT2D eigenvalue weighted by atomic mass is 9.99. The molecule has 3 aromatic rings. The molecule has 5 atom stereocenters. The Morgan fingerprint density at radius 2 is 1.94 bits per heavy atom. The molecule has 14 heteroatoms. The summed E-state index contributed by atoms with van der Waals surface area (Å²) in [6.45, 7) is 0. The first-order valence-electron chi connectivity index (χ1n) is 9.04. The number of halogens is 5. The Morgan fingerprint density at radius 1 is 1.19 bits per heavy atom. The fourth-order valence-corrected chi connectivity index (χ4v) is 3.74. The van der Waals surface area contributed by atoms with Crippen molar-refractivity contribution < 1.29 is 38.1 Å². The summed E-state index contributed by atoms with van der Waals surface area (Å²) in [5, 5.41) is 35.3. The van der Waals surface area contributed by atoms with Crippen molar-refractivity contribution in [3.63, 3.8) is 0 Å². The largest absolute Gasteiger partial charge is 0.593 e. The molecule has 0 spiro atoms. The zero-order valence-corrected chi connectivity index (χ0v) is 17.3. The Kier molecular flexibility index (Phi) is 6.09. The minimum absolute atomic E-state index is 0.0919. The predicted octanol–water partition coefficient (Wildman–Crippen LogP) is 2.38. The number of H-pyrrole nitrogens is 1. The summed E-state index contributed by atoms with van der Waals surface area (Å²) >= 11 is 11.9. The van der Waals surface area contributed by atoms with E-state index in [1.807, 2.05) is 0 Å². The van der Waals surface area contributed by atoms with E-state index in [0.29, 0.717) is 5.56 Å². The molecule has 1 aliphatic rings. The van der Waals surface area contributed by atoms with Gasteiger partial charge in [-0.25, -0.2) is 4.98 Å². The summed E-state index contributed by atoms with van der Waals surface area (Å²) in [4.78, 5) is 9.97. The highest BCUT2D eigenvalue weighted by molar-refractivity contribution is 6.42. The van der Waals surface area contributed by atoms with Gasteiger partial charge in [-0.1, -0.05) is 34.4 Å². The SMILES string of the molecule is O[C@@H]1[C@H](O)[C@@H]([C@H](O)c2ccc(Cl)c(Cl)c2)O[C@H]1n1ccc2/c(=N\OC(F)(F)F)[nH]cnc21. The number of nitrogens with zero attached hydrogens (tertiary/aromatic N) is 3. The first-order valence-corrected chi connectivity index (χ1v) is 9.80. The summed E-state index contributed by atoms with van der Waals surface area (Å²) in [5.74, 6) is 0. The van der Waals surface area contributed by atoms with Crippen molar-refractivity contribution in [2.45, 2.75) is 37.0 Å². The van der Waals surface area contributed by atoms with E-state index in [1.54, 1.807) is 0 Å². The summed E-state index contributed by atoms with van der Waals surface area (Å²) in [6, 6.07) is 5.74. The zero-order valence-electron chi connectivity index (χ0n) is 15.7. The fraction of sp³-hybridized carbons (Fsp3) is 0.333. The van der Waals surface area contributed by atoms with Crippen LogP contribution >= 0.6 is 23.2 Å². The van der Waals surface area contributed by atoms with Crippen molar-refractivity contribution in [1.82, 2.24) is 14.5 Å². The monoisotopic (exact) mass is 494 g/mol. The molecule has 4 rings (SSSR count). The highest BCUT2D eigenvalue weighted by atomic mass is 35.5. The second kappa shape index (κ2) is 8.54. The Hall–Kier alpha value is -2.35. The van der Waals surface area contributed by atoms with Gasteiger partial charge in [-0.05, 0) is 23.8 Å². The second-order valence-corrected chi connectivity index (χ2v) is 7.74. The van der Waals surface area contributed by atoms with Crippen molar-refractivity contribution in [2.24, 2.45) is 5.16 Å². The molecule has 172 valence electrons. The van der Waals surface area contributed by atoms with Crippen LogP contribution in [0.2, 0.25) is 10.0 Å². The van der Waals surface area contributed by atoms with E-state index >= 15 is 0 Å². The third kappa shape index (κ3) is 4.29. The van der Waals surface area contributed by atoms with Crippen molar-refractivity contribution in [1.29, 1.82) is 0 Å². The fourth-order valence-electron chi connectivity index (χ4n) is 3.43. The van der Waals surface area contributed by atoms with Gasteiger partial charge in [-0.3, -0.25) is 4.84 Å². The number of hydrogen-bond donors (Lipinski definition) is 4. The van der Waals surface area contributed by atoms with Crippen molar-refractivity contribution in [2.75, 3.05) is 0 Å². The van der Waals surface area contributed by atoms with E-state index in [2.05, 4.69) is 20.0 Å². The quantitative estimate of drug-likeness (QED) is 0.412. The van der Waals surface area contributed by atoms with Gasteiger partial charge in [0.15, 0.2) is 11.7 Å². The molecule has 0 bridgehead atoms. The number of benzene rings is 1. The molecule has 1 aromatic carbocycles. The average Bonchev–Trinajstić information content (AvgIpc) is 3.29. The molecule has 0 unspecified atom stereocenters. The zero-order chi connectivity index (χ0) is 23.2. The van der Waals surface area contributed by atoms with E-state index in [0.717, 1.165) is 6.33 Å². The Balaban J connectivity index is 1.65. The normalized spacial score (nSPS) is 25.4. The minimum atomic E-state index is -4.98. The van der Waals surface area contributed by atoms with Crippen LogP contribution in [0.4, 0.5) is 13.2 Å². The lowest BCUT2D eigenvalue weighted by Crippen LogP contribution is -2.34. The van der Waals surface area contributed by atoms with Crippen LogP contribution in [-0.4, -0.2) is 54.5 Å². The molecule has 0 saturated carbocycles. The molecule has 3 heterocycles. The molecule has 2 aromatic heterocycles. The molecule has 32 heavy (non-hydrogen) atoms. The van der Waals surface area contributed by atoms with Crippen molar-refractivity contribution >= 4 is 34.2 Å². The van der Waals surface area contributed by atoms with Crippen LogP contribution in [0.3, 0.4) is 0 Å². The van der Waals surface area contributed by atoms with Crippen LogP contribution in [0.25, 0.3) is 11.0 Å². The van der Waals surface area contributed by atoms with E-state index in [-0.39, 0.29) is 26.6 Å². The van der Waals surface area contributed by atoms with Crippen molar-refractivity contribution in [3.8, 4) is 0 Å². The van der Waals surface area contributed by atoms with Gasteiger partial charge in [0, 0.05) is 6.20 Å². The van der Waals surface area contributed by atoms with Crippen LogP contribution in [-0.2, 0) is 9.57 Å². The molecule has 0 aliphatic carbocycles. The van der Waals surface area contributed by atoms with Gasteiger partial charge in [-0.15, -0.1) is 13.2 Å². The van der Waals surface area contributed by atoms with E-state index in [1.165, 1.54) is 35.0 Å². The summed E-state index contributed by atoms with van der Waals surface area (Å²) in [5.41, 5.74) is 0.118. The number of aliphatic hydroxyl groups is 3. The van der Waals surface area contributed by atoms with Crippen LogP contribution in [0.5, 0.6) is 0 Å². The van der Waals surface area contributed by atoms with E-state index in [4.69, 9.17) is 27.9 Å². The van der Waals surface area contributed by atoms with Crippen molar-refractivity contribution in [3.05, 3.63) is 57.9 Å². The van der Waals surface area contributed by atoms with Crippen LogP contribution < -0.4 is 5.49 Å². The number of aromatic nitrogens is 3. The lowest BCUT2D eigenvalue weighted by molar-refractivity contribution is -0.327. The number of alkyl halides is 3. The van der Waals surface area contributed by atoms with Crippen LogP contribution in [0.1, 0.15) is 17.9 Å². The van der Waals surface area contributed by atoms with Gasteiger partial charge in [0.1, 0.15) is 30.1 Å². The minimum Gasteiger partial charge on any atom is -0.387 e. The molecule has 0 radical (unpaired) electrons. The molecule has 9 nitrogen and oxygen atoms in total. The maximum absolute atomic E-state index is 12.3.